The van der Waals surface area contributed by atoms with E-state index >= 15 is 0 Å². The number of piperazine rings is 1. The summed E-state index contributed by atoms with van der Waals surface area (Å²) in [5, 5.41) is 1.10. The van der Waals surface area contributed by atoms with Crippen LogP contribution in [0.2, 0.25) is 10.0 Å². The molecule has 4 aromatic rings. The minimum atomic E-state index is -4.50. The van der Waals surface area contributed by atoms with Crippen LogP contribution in [0.3, 0.4) is 0 Å². The van der Waals surface area contributed by atoms with Gasteiger partial charge < -0.3 is 14.2 Å². The van der Waals surface area contributed by atoms with Gasteiger partial charge in [0.05, 0.1) is 16.3 Å². The van der Waals surface area contributed by atoms with Crippen molar-refractivity contribution in [3.05, 3.63) is 99.9 Å². The van der Waals surface area contributed by atoms with Crippen molar-refractivity contribution in [3.8, 4) is 0 Å². The SMILES string of the molecule is O=C(CC(c1cccc(C(F)(F)F)c1)c1cnc2ccc(Cl)cn12)N1CCN(c2cccc(Cl)c2)CC1. The second kappa shape index (κ2) is 10.3. The van der Waals surface area contributed by atoms with Gasteiger partial charge in [-0.15, -0.1) is 0 Å². The van der Waals surface area contributed by atoms with Gasteiger partial charge in [0.2, 0.25) is 5.91 Å². The summed E-state index contributed by atoms with van der Waals surface area (Å²) < 4.78 is 42.3. The third kappa shape index (κ3) is 5.55. The Morgan fingerprint density at radius 2 is 1.70 bits per heavy atom. The normalized spacial score (nSPS) is 15.3. The Morgan fingerprint density at radius 3 is 2.43 bits per heavy atom. The Kier molecular flexibility index (Phi) is 7.05. The van der Waals surface area contributed by atoms with Crippen molar-refractivity contribution in [2.75, 3.05) is 31.1 Å². The van der Waals surface area contributed by atoms with E-state index in [1.54, 1.807) is 39.9 Å². The van der Waals surface area contributed by atoms with E-state index in [4.69, 9.17) is 23.2 Å². The Bertz CT molecular complexity index is 1430. The second-order valence-corrected chi connectivity index (χ2v) is 9.86. The highest BCUT2D eigenvalue weighted by molar-refractivity contribution is 6.31. The van der Waals surface area contributed by atoms with E-state index in [1.807, 2.05) is 24.3 Å². The van der Waals surface area contributed by atoms with E-state index in [2.05, 4.69) is 9.88 Å². The monoisotopic (exact) mass is 546 g/mol. The molecule has 0 radical (unpaired) electrons. The summed E-state index contributed by atoms with van der Waals surface area (Å²) in [6, 6.07) is 16.1. The van der Waals surface area contributed by atoms with Gasteiger partial charge in [0.1, 0.15) is 5.65 Å². The third-order valence-corrected chi connectivity index (χ3v) is 7.11. The molecule has 1 amide bonds. The highest BCUT2D eigenvalue weighted by Gasteiger charge is 2.33. The zero-order valence-electron chi connectivity index (χ0n) is 19.6. The number of amides is 1. The summed E-state index contributed by atoms with van der Waals surface area (Å²) in [7, 11) is 0. The molecule has 3 heterocycles. The molecule has 192 valence electrons. The number of nitrogens with zero attached hydrogens (tertiary/aromatic N) is 4. The molecule has 2 aromatic carbocycles. The quantitative estimate of drug-likeness (QED) is 0.285. The number of halogens is 5. The van der Waals surface area contributed by atoms with Crippen molar-refractivity contribution in [1.29, 1.82) is 0 Å². The summed E-state index contributed by atoms with van der Waals surface area (Å²) in [4.78, 5) is 21.8. The van der Waals surface area contributed by atoms with Crippen LogP contribution in [-0.4, -0.2) is 46.4 Å². The Labute approximate surface area is 222 Å². The summed E-state index contributed by atoms with van der Waals surface area (Å²) in [5.74, 6) is -0.778. The van der Waals surface area contributed by atoms with E-state index < -0.39 is 17.7 Å². The minimum Gasteiger partial charge on any atom is -0.368 e. The number of alkyl halides is 3. The highest BCUT2D eigenvalue weighted by Crippen LogP contribution is 2.35. The van der Waals surface area contributed by atoms with Gasteiger partial charge in [0.15, 0.2) is 0 Å². The molecule has 2 aromatic heterocycles. The van der Waals surface area contributed by atoms with Crippen molar-refractivity contribution in [3.63, 3.8) is 0 Å². The highest BCUT2D eigenvalue weighted by atomic mass is 35.5. The number of carbonyl (C=O) groups excluding carboxylic acids is 1. The number of fused-ring (bicyclic) bond motifs is 1. The first-order chi connectivity index (χ1) is 17.7. The van der Waals surface area contributed by atoms with Crippen LogP contribution in [0.5, 0.6) is 0 Å². The Morgan fingerprint density at radius 1 is 0.946 bits per heavy atom. The number of benzene rings is 2. The molecular formula is C27H23Cl2F3N4O. The molecule has 1 atom stereocenters. The molecule has 5 rings (SSSR count). The fraction of sp³-hybridized carbons (Fsp3) is 0.259. The fourth-order valence-electron chi connectivity index (χ4n) is 4.75. The first kappa shape index (κ1) is 25.4. The van der Waals surface area contributed by atoms with Gasteiger partial charge in [-0.05, 0) is 42.0 Å². The van der Waals surface area contributed by atoms with Crippen LogP contribution in [0, 0.1) is 0 Å². The smallest absolute Gasteiger partial charge is 0.368 e. The number of hydrogen-bond acceptors (Lipinski definition) is 3. The molecule has 0 aliphatic carbocycles. The standard InChI is InChI=1S/C27H23Cl2F3N4O/c28-20-5-2-6-22(14-20)34-9-11-35(12-10-34)26(37)15-23(18-3-1-4-19(13-18)27(30,31)32)24-16-33-25-8-7-21(29)17-36(24)25/h1-8,13-14,16-17,23H,9-12,15H2. The van der Waals surface area contributed by atoms with Crippen LogP contribution in [0.25, 0.3) is 5.65 Å². The molecular weight excluding hydrogens is 524 g/mol. The fourth-order valence-corrected chi connectivity index (χ4v) is 5.09. The lowest BCUT2D eigenvalue weighted by molar-refractivity contribution is -0.137. The molecule has 0 spiro atoms. The molecule has 0 bridgehead atoms. The number of anilines is 1. The van der Waals surface area contributed by atoms with Gasteiger partial charge in [0, 0.05) is 61.6 Å². The van der Waals surface area contributed by atoms with E-state index in [1.165, 1.54) is 6.07 Å². The largest absolute Gasteiger partial charge is 0.416 e. The molecule has 5 nitrogen and oxygen atoms in total. The zero-order valence-corrected chi connectivity index (χ0v) is 21.1. The van der Waals surface area contributed by atoms with Gasteiger partial charge >= 0.3 is 6.18 Å². The second-order valence-electron chi connectivity index (χ2n) is 8.99. The maximum atomic E-state index is 13.5. The summed E-state index contributed by atoms with van der Waals surface area (Å²) in [5.41, 5.74) is 1.82. The van der Waals surface area contributed by atoms with Gasteiger partial charge in [-0.2, -0.15) is 13.2 Å². The number of rotatable bonds is 5. The number of carbonyl (C=O) groups is 1. The molecule has 0 N–H and O–H groups in total. The first-order valence-corrected chi connectivity index (χ1v) is 12.5. The van der Waals surface area contributed by atoms with E-state index in [0.717, 1.165) is 17.8 Å². The Balaban J connectivity index is 1.41. The van der Waals surface area contributed by atoms with Gasteiger partial charge in [-0.25, -0.2) is 4.98 Å². The lowest BCUT2D eigenvalue weighted by atomic mass is 9.90. The number of pyridine rings is 1. The van der Waals surface area contributed by atoms with Gasteiger partial charge in [-0.1, -0.05) is 47.5 Å². The third-order valence-electron chi connectivity index (χ3n) is 6.66. The first-order valence-electron chi connectivity index (χ1n) is 11.8. The maximum Gasteiger partial charge on any atom is 0.416 e. The van der Waals surface area contributed by atoms with Gasteiger partial charge in [-0.3, -0.25) is 4.79 Å². The van der Waals surface area contributed by atoms with Gasteiger partial charge in [0.25, 0.3) is 0 Å². The predicted molar refractivity (Wildman–Crippen MR) is 138 cm³/mol. The molecule has 1 fully saturated rings. The van der Waals surface area contributed by atoms with Crippen LogP contribution >= 0.6 is 23.2 Å². The summed E-state index contributed by atoms with van der Waals surface area (Å²) in [6.45, 7) is 2.26. The average Bonchev–Trinajstić information content (AvgIpc) is 3.29. The molecule has 10 heteroatoms. The maximum absolute atomic E-state index is 13.5. The lowest BCUT2D eigenvalue weighted by Gasteiger charge is -2.36. The molecule has 1 aliphatic heterocycles. The molecule has 0 saturated carbocycles. The molecule has 1 saturated heterocycles. The van der Waals surface area contributed by atoms with E-state index in [-0.39, 0.29) is 12.3 Å². The predicted octanol–water partition coefficient (Wildman–Crippen LogP) is 6.53. The van der Waals surface area contributed by atoms with Crippen molar-refractivity contribution >= 4 is 40.4 Å². The van der Waals surface area contributed by atoms with Crippen LogP contribution in [0.1, 0.15) is 29.2 Å². The Hall–Kier alpha value is -3.23. The van der Waals surface area contributed by atoms with Crippen LogP contribution < -0.4 is 4.90 Å². The van der Waals surface area contributed by atoms with Crippen LogP contribution in [0.15, 0.2) is 73.1 Å². The van der Waals surface area contributed by atoms with Crippen molar-refractivity contribution < 1.29 is 18.0 Å². The molecule has 1 unspecified atom stereocenters. The lowest BCUT2D eigenvalue weighted by Crippen LogP contribution is -2.49. The summed E-state index contributed by atoms with van der Waals surface area (Å²) >= 11 is 12.3. The van der Waals surface area contributed by atoms with Crippen molar-refractivity contribution in [2.45, 2.75) is 18.5 Å². The number of aromatic nitrogens is 2. The molecule has 1 aliphatic rings. The van der Waals surface area contributed by atoms with Crippen molar-refractivity contribution in [1.82, 2.24) is 14.3 Å². The van der Waals surface area contributed by atoms with E-state index in [9.17, 15) is 18.0 Å². The van der Waals surface area contributed by atoms with E-state index in [0.29, 0.717) is 53.1 Å². The van der Waals surface area contributed by atoms with Crippen molar-refractivity contribution in [2.24, 2.45) is 0 Å². The van der Waals surface area contributed by atoms with Crippen LogP contribution in [-0.2, 0) is 11.0 Å². The minimum absolute atomic E-state index is 0.00121. The molecule has 37 heavy (non-hydrogen) atoms. The number of imidazole rings is 1. The van der Waals surface area contributed by atoms with Crippen LogP contribution in [0.4, 0.5) is 18.9 Å². The topological polar surface area (TPSA) is 40.9 Å². The summed E-state index contributed by atoms with van der Waals surface area (Å²) in [6.07, 6.45) is -1.24. The average molecular weight is 547 g/mol. The zero-order chi connectivity index (χ0) is 26.2. The number of hydrogen-bond donors (Lipinski definition) is 0.